The summed E-state index contributed by atoms with van der Waals surface area (Å²) in [6.07, 6.45) is 1.32. The number of ether oxygens (including phenoxy) is 1. The average Bonchev–Trinajstić information content (AvgIpc) is 3.30. The zero-order valence-electron chi connectivity index (χ0n) is 18.5. The third kappa shape index (κ3) is 4.74. The molecule has 1 aliphatic heterocycles. The standard InChI is InChI=1S/C25H25FN2O5/c1-16(29)20-12-27(13-23(30)28-15-25(2,26)11-22(28)24(31)32)21-10-18(8-9-19(20)21)33-14-17-6-4-3-5-7-17/h3-10,12,22H,11,13-15H2,1-2H3,(H,31,32)/t22-,25+/m0/s1. The number of carbonyl (C=O) groups is 3. The first-order valence-corrected chi connectivity index (χ1v) is 10.7. The molecule has 1 aliphatic rings. The van der Waals surface area contributed by atoms with Crippen molar-refractivity contribution < 1.29 is 28.6 Å². The van der Waals surface area contributed by atoms with E-state index in [2.05, 4.69) is 0 Å². The summed E-state index contributed by atoms with van der Waals surface area (Å²) in [6, 6.07) is 13.7. The van der Waals surface area contributed by atoms with E-state index in [0.717, 1.165) is 10.5 Å². The monoisotopic (exact) mass is 452 g/mol. The van der Waals surface area contributed by atoms with Gasteiger partial charge in [0, 0.05) is 29.6 Å². The van der Waals surface area contributed by atoms with Crippen LogP contribution in [0.3, 0.4) is 0 Å². The summed E-state index contributed by atoms with van der Waals surface area (Å²) in [4.78, 5) is 37.8. The van der Waals surface area contributed by atoms with Crippen LogP contribution in [0.25, 0.3) is 10.9 Å². The molecule has 0 spiro atoms. The fourth-order valence-corrected chi connectivity index (χ4v) is 4.28. The Hall–Kier alpha value is -3.68. The van der Waals surface area contributed by atoms with Gasteiger partial charge in [0.05, 0.1) is 12.1 Å². The molecule has 1 amide bonds. The van der Waals surface area contributed by atoms with Crippen LogP contribution in [0, 0.1) is 0 Å². The van der Waals surface area contributed by atoms with Crippen LogP contribution >= 0.6 is 0 Å². The van der Waals surface area contributed by atoms with Gasteiger partial charge in [-0.15, -0.1) is 0 Å². The molecule has 0 saturated carbocycles. The number of fused-ring (bicyclic) bond motifs is 1. The highest BCUT2D eigenvalue weighted by atomic mass is 19.1. The first-order chi connectivity index (χ1) is 15.6. The van der Waals surface area contributed by atoms with Crippen LogP contribution in [-0.4, -0.2) is 50.5 Å². The molecule has 7 nitrogen and oxygen atoms in total. The molecule has 1 N–H and O–H groups in total. The second-order valence-electron chi connectivity index (χ2n) is 8.67. The van der Waals surface area contributed by atoms with Crippen molar-refractivity contribution in [3.63, 3.8) is 0 Å². The van der Waals surface area contributed by atoms with Gasteiger partial charge in [-0.3, -0.25) is 9.59 Å². The average molecular weight is 452 g/mol. The van der Waals surface area contributed by atoms with Gasteiger partial charge in [-0.1, -0.05) is 30.3 Å². The zero-order chi connectivity index (χ0) is 23.8. The van der Waals surface area contributed by atoms with Crippen molar-refractivity contribution >= 4 is 28.6 Å². The maximum atomic E-state index is 14.5. The number of likely N-dealkylation sites (tertiary alicyclic amines) is 1. The molecule has 2 heterocycles. The number of halogens is 1. The number of hydrogen-bond donors (Lipinski definition) is 1. The predicted octanol–water partition coefficient (Wildman–Crippen LogP) is 3.84. The Kier molecular flexibility index (Phi) is 5.93. The van der Waals surface area contributed by atoms with E-state index in [4.69, 9.17) is 4.74 Å². The molecule has 1 saturated heterocycles. The molecule has 8 heteroatoms. The number of carboxylic acids is 1. The zero-order valence-corrected chi connectivity index (χ0v) is 18.5. The number of amides is 1. The van der Waals surface area contributed by atoms with Gasteiger partial charge in [-0.05, 0) is 31.5 Å². The molecule has 4 rings (SSSR count). The number of aromatic nitrogens is 1. The Labute approximate surface area is 190 Å². The van der Waals surface area contributed by atoms with Gasteiger partial charge in [0.2, 0.25) is 5.91 Å². The summed E-state index contributed by atoms with van der Waals surface area (Å²) in [7, 11) is 0. The van der Waals surface area contributed by atoms with Crippen molar-refractivity contribution in [3.8, 4) is 5.75 Å². The van der Waals surface area contributed by atoms with Gasteiger partial charge in [-0.25, -0.2) is 9.18 Å². The smallest absolute Gasteiger partial charge is 0.326 e. The van der Waals surface area contributed by atoms with E-state index in [9.17, 15) is 23.9 Å². The van der Waals surface area contributed by atoms with Crippen LogP contribution in [0.1, 0.15) is 36.2 Å². The minimum absolute atomic E-state index is 0.162. The summed E-state index contributed by atoms with van der Waals surface area (Å²) in [5.74, 6) is -1.35. The van der Waals surface area contributed by atoms with E-state index in [1.807, 2.05) is 30.3 Å². The van der Waals surface area contributed by atoms with Crippen LogP contribution < -0.4 is 4.74 Å². The number of benzene rings is 2. The molecule has 0 aliphatic carbocycles. The number of alkyl halides is 1. The lowest BCUT2D eigenvalue weighted by Crippen LogP contribution is -2.42. The highest BCUT2D eigenvalue weighted by Gasteiger charge is 2.46. The van der Waals surface area contributed by atoms with Crippen LogP contribution in [0.4, 0.5) is 4.39 Å². The second kappa shape index (κ2) is 8.69. The summed E-state index contributed by atoms with van der Waals surface area (Å²) < 4.78 is 22.0. The maximum absolute atomic E-state index is 14.5. The van der Waals surface area contributed by atoms with Crippen molar-refractivity contribution in [2.75, 3.05) is 6.54 Å². The predicted molar refractivity (Wildman–Crippen MR) is 120 cm³/mol. The van der Waals surface area contributed by atoms with E-state index < -0.39 is 23.6 Å². The molecule has 0 bridgehead atoms. The highest BCUT2D eigenvalue weighted by molar-refractivity contribution is 6.07. The molecular formula is C25H25FN2O5. The Morgan fingerprint density at radius 3 is 2.58 bits per heavy atom. The Morgan fingerprint density at radius 1 is 1.18 bits per heavy atom. The lowest BCUT2D eigenvalue weighted by Gasteiger charge is -2.22. The fraction of sp³-hybridized carbons (Fsp3) is 0.320. The Balaban J connectivity index is 1.62. The molecule has 1 fully saturated rings. The third-order valence-electron chi connectivity index (χ3n) is 5.89. The molecule has 0 unspecified atom stereocenters. The number of nitrogens with zero attached hydrogens (tertiary/aromatic N) is 2. The molecule has 172 valence electrons. The molecule has 2 aromatic carbocycles. The van der Waals surface area contributed by atoms with E-state index in [-0.39, 0.29) is 25.3 Å². The number of rotatable bonds is 7. The van der Waals surface area contributed by atoms with Crippen molar-refractivity contribution in [3.05, 3.63) is 65.9 Å². The van der Waals surface area contributed by atoms with Crippen LogP contribution in [0.15, 0.2) is 54.7 Å². The van der Waals surface area contributed by atoms with Gasteiger partial charge >= 0.3 is 5.97 Å². The van der Waals surface area contributed by atoms with Gasteiger partial charge in [-0.2, -0.15) is 0 Å². The van der Waals surface area contributed by atoms with E-state index in [1.54, 1.807) is 29.0 Å². The number of Topliss-reactive ketones (excluding diaryl/α,β-unsaturated/α-hetero) is 1. The lowest BCUT2D eigenvalue weighted by atomic mass is 10.1. The number of ketones is 1. The largest absolute Gasteiger partial charge is 0.489 e. The number of carbonyl (C=O) groups excluding carboxylic acids is 2. The minimum Gasteiger partial charge on any atom is -0.489 e. The second-order valence-corrected chi connectivity index (χ2v) is 8.67. The Morgan fingerprint density at radius 2 is 1.91 bits per heavy atom. The summed E-state index contributed by atoms with van der Waals surface area (Å²) in [5, 5.41) is 10.1. The van der Waals surface area contributed by atoms with Gasteiger partial charge in [0.15, 0.2) is 5.78 Å². The fourth-order valence-electron chi connectivity index (χ4n) is 4.28. The van der Waals surface area contributed by atoms with Crippen LogP contribution in [0.5, 0.6) is 5.75 Å². The van der Waals surface area contributed by atoms with Crippen LogP contribution in [-0.2, 0) is 22.7 Å². The normalized spacial score (nSPS) is 20.2. The first-order valence-electron chi connectivity index (χ1n) is 10.7. The van der Waals surface area contributed by atoms with Crippen molar-refractivity contribution in [1.29, 1.82) is 0 Å². The summed E-state index contributed by atoms with van der Waals surface area (Å²) in [5.41, 5.74) is 0.281. The number of carboxylic acid groups (broad SMARTS) is 1. The number of aliphatic carboxylic acids is 1. The minimum atomic E-state index is -1.76. The summed E-state index contributed by atoms with van der Waals surface area (Å²) >= 11 is 0. The van der Waals surface area contributed by atoms with Crippen molar-refractivity contribution in [1.82, 2.24) is 9.47 Å². The van der Waals surface area contributed by atoms with Crippen LogP contribution in [0.2, 0.25) is 0 Å². The maximum Gasteiger partial charge on any atom is 0.326 e. The van der Waals surface area contributed by atoms with Crippen molar-refractivity contribution in [2.45, 2.75) is 45.1 Å². The molecule has 0 radical (unpaired) electrons. The number of hydrogen-bond acceptors (Lipinski definition) is 4. The van der Waals surface area contributed by atoms with Gasteiger partial charge < -0.3 is 19.3 Å². The lowest BCUT2D eigenvalue weighted by molar-refractivity contribution is -0.148. The van der Waals surface area contributed by atoms with E-state index in [1.165, 1.54) is 13.8 Å². The molecule has 2 atom stereocenters. The van der Waals surface area contributed by atoms with Crippen molar-refractivity contribution in [2.24, 2.45) is 0 Å². The van der Waals surface area contributed by atoms with E-state index >= 15 is 0 Å². The molecular weight excluding hydrogens is 427 g/mol. The highest BCUT2D eigenvalue weighted by Crippen LogP contribution is 2.32. The Bertz CT molecular complexity index is 1220. The molecule has 3 aromatic rings. The SMILES string of the molecule is CC(=O)c1cn(CC(=O)N2C[C@](C)(F)C[C@H]2C(=O)O)c2cc(OCc3ccccc3)ccc12. The first kappa shape index (κ1) is 22.5. The topological polar surface area (TPSA) is 88.8 Å². The third-order valence-corrected chi connectivity index (χ3v) is 5.89. The quantitative estimate of drug-likeness (QED) is 0.551. The molecule has 1 aromatic heterocycles. The van der Waals surface area contributed by atoms with Gasteiger partial charge in [0.1, 0.15) is 30.6 Å². The summed E-state index contributed by atoms with van der Waals surface area (Å²) in [6.45, 7) is 2.59. The van der Waals surface area contributed by atoms with E-state index in [0.29, 0.717) is 28.8 Å². The van der Waals surface area contributed by atoms with Gasteiger partial charge in [0.25, 0.3) is 0 Å². The molecule has 33 heavy (non-hydrogen) atoms.